The van der Waals surface area contributed by atoms with E-state index < -0.39 is 15.9 Å². The number of hydrogen-bond acceptors (Lipinski definition) is 8. The van der Waals surface area contributed by atoms with Crippen molar-refractivity contribution in [1.29, 1.82) is 5.26 Å². The molecule has 2 aliphatic heterocycles. The van der Waals surface area contributed by atoms with Crippen LogP contribution in [0.2, 0.25) is 0 Å². The summed E-state index contributed by atoms with van der Waals surface area (Å²) in [4.78, 5) is 51.0. The van der Waals surface area contributed by atoms with Crippen molar-refractivity contribution in [3.63, 3.8) is 0 Å². The number of rotatable bonds is 12. The number of sulfone groups is 1. The topological polar surface area (TPSA) is 125 Å². The van der Waals surface area contributed by atoms with Crippen molar-refractivity contribution in [3.8, 4) is 6.07 Å². The molecule has 2 fully saturated rings. The zero-order valence-electron chi connectivity index (χ0n) is 32.0. The van der Waals surface area contributed by atoms with E-state index in [-0.39, 0.29) is 29.2 Å². The van der Waals surface area contributed by atoms with Gasteiger partial charge in [0.2, 0.25) is 17.7 Å². The van der Waals surface area contributed by atoms with E-state index >= 15 is 0 Å². The van der Waals surface area contributed by atoms with Gasteiger partial charge in [0, 0.05) is 96.8 Å². The van der Waals surface area contributed by atoms with E-state index in [0.717, 1.165) is 41.7 Å². The molecule has 11 nitrogen and oxygen atoms in total. The molecular formula is C44H48N6O5S. The van der Waals surface area contributed by atoms with Crippen LogP contribution in [0.25, 0.3) is 6.08 Å². The van der Waals surface area contributed by atoms with Crippen LogP contribution in [0.1, 0.15) is 34.7 Å². The molecule has 1 atom stereocenters. The predicted molar refractivity (Wildman–Crippen MR) is 217 cm³/mol. The first-order chi connectivity index (χ1) is 27.0. The van der Waals surface area contributed by atoms with Gasteiger partial charge in [-0.1, -0.05) is 66.7 Å². The Morgan fingerprint density at radius 2 is 1.36 bits per heavy atom. The second-order valence-corrected chi connectivity index (χ2v) is 16.4. The smallest absolute Gasteiger partial charge is 0.247 e. The van der Waals surface area contributed by atoms with Crippen LogP contribution >= 0.6 is 0 Å². The molecule has 56 heavy (non-hydrogen) atoms. The monoisotopic (exact) mass is 772 g/mol. The standard InChI is InChI=1S/C44H48N6O5S/c1-34(51)47-26-28-48(29-27-47)40-17-12-39(13-18-40)33-50(43(52)21-16-35-14-19-41(20-15-35)56(2,54)55)42(30-36-6-4-3-5-7-36)44(53)49-24-22-46(23-25-49)32-38-10-8-37(31-45)9-11-38/h3-21,42H,22-30,32-33H2,1-2H3/b21-16+/t42-/m0/s1. The number of carbonyl (C=O) groups is 3. The summed E-state index contributed by atoms with van der Waals surface area (Å²) in [6.07, 6.45) is 4.59. The molecule has 0 radical (unpaired) electrons. The highest BCUT2D eigenvalue weighted by atomic mass is 32.2. The van der Waals surface area contributed by atoms with E-state index in [2.05, 4.69) is 15.9 Å². The van der Waals surface area contributed by atoms with Crippen LogP contribution < -0.4 is 4.90 Å². The van der Waals surface area contributed by atoms with Crippen LogP contribution in [0.5, 0.6) is 0 Å². The molecule has 0 N–H and O–H groups in total. The van der Waals surface area contributed by atoms with Crippen LogP contribution in [0.15, 0.2) is 114 Å². The maximum atomic E-state index is 14.7. The second kappa shape index (κ2) is 18.2. The Kier molecular flexibility index (Phi) is 13.0. The van der Waals surface area contributed by atoms with Gasteiger partial charge in [0.1, 0.15) is 6.04 Å². The molecule has 0 unspecified atom stereocenters. The average molecular weight is 773 g/mol. The molecule has 4 aromatic rings. The summed E-state index contributed by atoms with van der Waals surface area (Å²) in [5.41, 5.74) is 5.21. The largest absolute Gasteiger partial charge is 0.368 e. The number of anilines is 1. The normalized spacial score (nSPS) is 15.7. The summed E-state index contributed by atoms with van der Waals surface area (Å²) in [6, 6.07) is 33.0. The first-order valence-electron chi connectivity index (χ1n) is 18.9. The third kappa shape index (κ3) is 10.5. The van der Waals surface area contributed by atoms with Crippen molar-refractivity contribution in [2.75, 3.05) is 63.5 Å². The zero-order valence-corrected chi connectivity index (χ0v) is 32.8. The minimum Gasteiger partial charge on any atom is -0.368 e. The average Bonchev–Trinajstić information content (AvgIpc) is 3.22. The fourth-order valence-corrected chi connectivity index (χ4v) is 7.80. The van der Waals surface area contributed by atoms with Crippen molar-refractivity contribution in [2.24, 2.45) is 0 Å². The lowest BCUT2D eigenvalue weighted by Crippen LogP contribution is -2.56. The third-order valence-electron chi connectivity index (χ3n) is 10.5. The van der Waals surface area contributed by atoms with Gasteiger partial charge < -0.3 is 19.6 Å². The quantitative estimate of drug-likeness (QED) is 0.191. The van der Waals surface area contributed by atoms with Gasteiger partial charge in [-0.25, -0.2) is 8.42 Å². The van der Waals surface area contributed by atoms with Crippen molar-refractivity contribution < 1.29 is 22.8 Å². The fourth-order valence-electron chi connectivity index (χ4n) is 7.17. The number of hydrogen-bond donors (Lipinski definition) is 0. The van der Waals surface area contributed by atoms with Crippen molar-refractivity contribution in [2.45, 2.75) is 37.4 Å². The molecule has 0 aromatic heterocycles. The summed E-state index contributed by atoms with van der Waals surface area (Å²) < 4.78 is 24.0. The minimum absolute atomic E-state index is 0.0781. The highest BCUT2D eigenvalue weighted by Crippen LogP contribution is 2.23. The number of nitrogens with zero attached hydrogens (tertiary/aromatic N) is 6. The summed E-state index contributed by atoms with van der Waals surface area (Å²) in [5.74, 6) is -0.379. The lowest BCUT2D eigenvalue weighted by molar-refractivity contribution is -0.145. The van der Waals surface area contributed by atoms with Crippen LogP contribution in [-0.4, -0.2) is 110 Å². The number of nitriles is 1. The maximum absolute atomic E-state index is 14.7. The first-order valence-corrected chi connectivity index (χ1v) is 20.8. The van der Waals surface area contributed by atoms with Crippen molar-refractivity contribution >= 4 is 39.3 Å². The Morgan fingerprint density at radius 3 is 1.95 bits per heavy atom. The van der Waals surface area contributed by atoms with E-state index in [9.17, 15) is 22.8 Å². The van der Waals surface area contributed by atoms with Crippen LogP contribution in [-0.2, 0) is 43.7 Å². The molecule has 0 bridgehead atoms. The van der Waals surface area contributed by atoms with Gasteiger partial charge in [0.25, 0.3) is 0 Å². The number of carbonyl (C=O) groups excluding carboxylic acids is 3. The summed E-state index contributed by atoms with van der Waals surface area (Å²) in [5, 5.41) is 9.17. The summed E-state index contributed by atoms with van der Waals surface area (Å²) in [6.45, 7) is 7.64. The highest BCUT2D eigenvalue weighted by molar-refractivity contribution is 7.90. The maximum Gasteiger partial charge on any atom is 0.247 e. The summed E-state index contributed by atoms with van der Waals surface area (Å²) in [7, 11) is -3.37. The molecule has 290 valence electrons. The molecule has 4 aromatic carbocycles. The Hall–Kier alpha value is -5.77. The fraction of sp³-hybridized carbons (Fsp3) is 0.318. The zero-order chi connectivity index (χ0) is 39.7. The lowest BCUT2D eigenvalue weighted by atomic mass is 10.0. The van der Waals surface area contributed by atoms with Crippen LogP contribution in [0.3, 0.4) is 0 Å². The van der Waals surface area contributed by atoms with Crippen LogP contribution in [0.4, 0.5) is 5.69 Å². The van der Waals surface area contributed by atoms with Crippen LogP contribution in [0, 0.1) is 11.3 Å². The van der Waals surface area contributed by atoms with Gasteiger partial charge in [-0.15, -0.1) is 0 Å². The van der Waals surface area contributed by atoms with E-state index in [0.29, 0.717) is 63.4 Å². The van der Waals surface area contributed by atoms with Crippen molar-refractivity contribution in [3.05, 3.63) is 137 Å². The van der Waals surface area contributed by atoms with E-state index in [4.69, 9.17) is 5.26 Å². The molecule has 2 aliphatic rings. The Bertz CT molecular complexity index is 2150. The minimum atomic E-state index is -3.37. The number of amides is 3. The van der Waals surface area contributed by atoms with Gasteiger partial charge in [-0.3, -0.25) is 19.3 Å². The highest BCUT2D eigenvalue weighted by Gasteiger charge is 2.34. The third-order valence-corrected chi connectivity index (χ3v) is 11.6. The van der Waals surface area contributed by atoms with Gasteiger partial charge in [-0.2, -0.15) is 5.26 Å². The summed E-state index contributed by atoms with van der Waals surface area (Å²) >= 11 is 0. The molecule has 0 saturated carbocycles. The van der Waals surface area contributed by atoms with Gasteiger partial charge in [0.15, 0.2) is 9.84 Å². The molecule has 6 rings (SSSR count). The van der Waals surface area contributed by atoms with Gasteiger partial charge in [-0.05, 0) is 64.7 Å². The number of benzene rings is 4. The van der Waals surface area contributed by atoms with E-state index in [1.54, 1.807) is 30.0 Å². The lowest BCUT2D eigenvalue weighted by Gasteiger charge is -2.39. The number of piperazine rings is 2. The van der Waals surface area contributed by atoms with Gasteiger partial charge >= 0.3 is 0 Å². The molecule has 2 saturated heterocycles. The molecule has 0 spiro atoms. The molecular weight excluding hydrogens is 725 g/mol. The molecule has 2 heterocycles. The molecule has 0 aliphatic carbocycles. The molecule has 3 amide bonds. The van der Waals surface area contributed by atoms with Gasteiger partial charge in [0.05, 0.1) is 16.5 Å². The molecule has 12 heteroatoms. The predicted octanol–water partition coefficient (Wildman–Crippen LogP) is 4.63. The van der Waals surface area contributed by atoms with Crippen molar-refractivity contribution in [1.82, 2.24) is 19.6 Å². The van der Waals surface area contributed by atoms with E-state index in [1.165, 1.54) is 18.2 Å². The first kappa shape index (κ1) is 39.9. The second-order valence-electron chi connectivity index (χ2n) is 14.4. The Balaban J connectivity index is 1.25. The Morgan fingerprint density at radius 1 is 0.750 bits per heavy atom. The Labute approximate surface area is 330 Å². The SMILES string of the molecule is CC(=O)N1CCN(c2ccc(CN(C(=O)/C=C/c3ccc(S(C)(=O)=O)cc3)[C@@H](Cc3ccccc3)C(=O)N3CCN(Cc4ccc(C#N)cc4)CC3)cc2)CC1. The van der Waals surface area contributed by atoms with E-state index in [1.807, 2.05) is 88.7 Å².